The number of anilines is 2. The van der Waals surface area contributed by atoms with Crippen molar-refractivity contribution in [2.45, 2.75) is 51.5 Å². The van der Waals surface area contributed by atoms with E-state index in [2.05, 4.69) is 27.8 Å². The molecule has 0 bridgehead atoms. The van der Waals surface area contributed by atoms with Crippen molar-refractivity contribution < 1.29 is 19.4 Å². The van der Waals surface area contributed by atoms with Crippen LogP contribution in [0.4, 0.5) is 11.6 Å². The molecule has 10 heteroatoms. The third kappa shape index (κ3) is 7.29. The number of carboxylic acids is 1. The number of carbonyl (C=O) groups is 2. The lowest BCUT2D eigenvalue weighted by Crippen LogP contribution is -2.42. The molecule has 2 aromatic heterocycles. The highest BCUT2D eigenvalue weighted by Crippen LogP contribution is 2.25. The third-order valence-corrected chi connectivity index (χ3v) is 6.26. The Hall–Kier alpha value is -2.91. The van der Waals surface area contributed by atoms with Crippen molar-refractivity contribution in [1.82, 2.24) is 15.3 Å². The standard InChI is InChI=1S/C25H34ClN5O4/c1-16-21(19(26)15-28-23(16)31(2)3)24(32)30-20(25(33)34)11-14-35-13-5-4-8-18-10-9-17-7-6-12-27-22(17)29-18/h9-10,15,20H,4-8,11-14H2,1-3H3,(H,27,29)(H,30,32)(H,33,34). The van der Waals surface area contributed by atoms with Gasteiger partial charge in [-0.1, -0.05) is 17.7 Å². The van der Waals surface area contributed by atoms with Crippen molar-refractivity contribution in [3.63, 3.8) is 0 Å². The molecule has 35 heavy (non-hydrogen) atoms. The summed E-state index contributed by atoms with van der Waals surface area (Å²) >= 11 is 6.20. The minimum atomic E-state index is -1.12. The molecule has 3 rings (SSSR count). The molecule has 1 unspecified atom stereocenters. The lowest BCUT2D eigenvalue weighted by Gasteiger charge is -2.19. The maximum absolute atomic E-state index is 12.8. The Bertz CT molecular complexity index is 1050. The molecule has 0 radical (unpaired) electrons. The Kier molecular flexibility index (Phi) is 9.68. The minimum Gasteiger partial charge on any atom is -0.480 e. The van der Waals surface area contributed by atoms with Crippen molar-refractivity contribution in [1.29, 1.82) is 0 Å². The number of pyridine rings is 2. The summed E-state index contributed by atoms with van der Waals surface area (Å²) in [5, 5.41) is 15.7. The topological polar surface area (TPSA) is 117 Å². The van der Waals surface area contributed by atoms with Gasteiger partial charge in [0, 0.05) is 57.7 Å². The van der Waals surface area contributed by atoms with Crippen molar-refractivity contribution >= 4 is 35.1 Å². The van der Waals surface area contributed by atoms with Crippen LogP contribution < -0.4 is 15.5 Å². The number of fused-ring (bicyclic) bond motifs is 1. The minimum absolute atomic E-state index is 0.154. The van der Waals surface area contributed by atoms with Crippen LogP contribution in [0.15, 0.2) is 18.3 Å². The normalized spacial score (nSPS) is 13.5. The second kappa shape index (κ2) is 12.7. The van der Waals surface area contributed by atoms with E-state index in [4.69, 9.17) is 21.3 Å². The van der Waals surface area contributed by atoms with Crippen LogP contribution in [0, 0.1) is 6.92 Å². The van der Waals surface area contributed by atoms with E-state index < -0.39 is 17.9 Å². The Morgan fingerprint density at radius 1 is 1.29 bits per heavy atom. The van der Waals surface area contributed by atoms with Crippen LogP contribution in [0.5, 0.6) is 0 Å². The molecule has 3 N–H and O–H groups in total. The molecule has 2 aromatic rings. The smallest absolute Gasteiger partial charge is 0.326 e. The van der Waals surface area contributed by atoms with Gasteiger partial charge >= 0.3 is 5.97 Å². The number of carbonyl (C=O) groups excluding carboxylic acids is 1. The first kappa shape index (κ1) is 26.7. The van der Waals surface area contributed by atoms with Gasteiger partial charge in [0.05, 0.1) is 10.6 Å². The van der Waals surface area contributed by atoms with E-state index in [0.29, 0.717) is 18.0 Å². The lowest BCUT2D eigenvalue weighted by molar-refractivity contribution is -0.139. The van der Waals surface area contributed by atoms with Crippen LogP contribution in [0.3, 0.4) is 0 Å². The van der Waals surface area contributed by atoms with E-state index in [0.717, 1.165) is 50.2 Å². The first-order valence-electron chi connectivity index (χ1n) is 11.9. The molecule has 0 aromatic carbocycles. The molecular formula is C25H34ClN5O4. The van der Waals surface area contributed by atoms with E-state index >= 15 is 0 Å². The van der Waals surface area contributed by atoms with E-state index in [1.54, 1.807) is 11.8 Å². The SMILES string of the molecule is Cc1c(N(C)C)ncc(Cl)c1C(=O)NC(CCOCCCCc1ccc2c(n1)NCCC2)C(=O)O. The summed E-state index contributed by atoms with van der Waals surface area (Å²) in [5.41, 5.74) is 3.16. The van der Waals surface area contributed by atoms with Crippen LogP contribution in [0.2, 0.25) is 5.02 Å². The Labute approximate surface area is 211 Å². The maximum Gasteiger partial charge on any atom is 0.326 e. The van der Waals surface area contributed by atoms with Gasteiger partial charge in [0.25, 0.3) is 5.91 Å². The first-order valence-corrected chi connectivity index (χ1v) is 12.3. The molecule has 0 saturated carbocycles. The Morgan fingerprint density at radius 3 is 2.83 bits per heavy atom. The predicted molar refractivity (Wildman–Crippen MR) is 137 cm³/mol. The molecule has 1 amide bonds. The number of carboxylic acid groups (broad SMARTS) is 1. The van der Waals surface area contributed by atoms with Crippen LogP contribution in [-0.2, 0) is 22.4 Å². The van der Waals surface area contributed by atoms with E-state index in [1.165, 1.54) is 11.8 Å². The number of aryl methyl sites for hydroxylation is 2. The summed E-state index contributed by atoms with van der Waals surface area (Å²) in [4.78, 5) is 35.2. The monoisotopic (exact) mass is 503 g/mol. The molecule has 3 heterocycles. The molecule has 0 spiro atoms. The van der Waals surface area contributed by atoms with E-state index in [1.807, 2.05) is 14.1 Å². The lowest BCUT2D eigenvalue weighted by atomic mass is 10.1. The highest BCUT2D eigenvalue weighted by atomic mass is 35.5. The zero-order valence-electron chi connectivity index (χ0n) is 20.6. The fraction of sp³-hybridized carbons (Fsp3) is 0.520. The average molecular weight is 504 g/mol. The fourth-order valence-corrected chi connectivity index (χ4v) is 4.39. The van der Waals surface area contributed by atoms with Gasteiger partial charge in [-0.3, -0.25) is 4.79 Å². The number of nitrogens with one attached hydrogen (secondary N) is 2. The van der Waals surface area contributed by atoms with Gasteiger partial charge < -0.3 is 25.4 Å². The zero-order valence-corrected chi connectivity index (χ0v) is 21.3. The number of hydrogen-bond acceptors (Lipinski definition) is 7. The molecule has 1 atom stereocenters. The van der Waals surface area contributed by atoms with Gasteiger partial charge in [-0.15, -0.1) is 0 Å². The second-order valence-corrected chi connectivity index (χ2v) is 9.29. The molecule has 0 saturated heterocycles. The summed E-state index contributed by atoms with van der Waals surface area (Å²) in [6.45, 7) is 3.45. The van der Waals surface area contributed by atoms with Crippen LogP contribution in [0.1, 0.15) is 52.9 Å². The number of nitrogens with zero attached hydrogens (tertiary/aromatic N) is 3. The molecule has 0 fully saturated rings. The van der Waals surface area contributed by atoms with Crippen molar-refractivity contribution in [3.8, 4) is 0 Å². The quantitative estimate of drug-likeness (QED) is 0.377. The second-order valence-electron chi connectivity index (χ2n) is 8.89. The maximum atomic E-state index is 12.8. The van der Waals surface area contributed by atoms with Crippen LogP contribution in [-0.4, -0.2) is 66.8 Å². The zero-order chi connectivity index (χ0) is 25.4. The van der Waals surface area contributed by atoms with Crippen molar-refractivity contribution in [3.05, 3.63) is 45.7 Å². The van der Waals surface area contributed by atoms with Gasteiger partial charge in [-0.05, 0) is 50.7 Å². The largest absolute Gasteiger partial charge is 0.480 e. The molecule has 0 aliphatic carbocycles. The Balaban J connectivity index is 1.42. The van der Waals surface area contributed by atoms with Gasteiger partial charge in [0.1, 0.15) is 17.7 Å². The van der Waals surface area contributed by atoms with Crippen LogP contribution in [0.25, 0.3) is 0 Å². The molecular weight excluding hydrogens is 470 g/mol. The summed E-state index contributed by atoms with van der Waals surface area (Å²) in [6, 6.07) is 3.16. The Morgan fingerprint density at radius 2 is 2.09 bits per heavy atom. The number of unbranched alkanes of at least 4 members (excludes halogenated alkanes) is 1. The fourth-order valence-electron chi connectivity index (χ4n) is 4.11. The number of rotatable bonds is 12. The van der Waals surface area contributed by atoms with Crippen LogP contribution >= 0.6 is 11.6 Å². The van der Waals surface area contributed by atoms with Gasteiger partial charge in [0.15, 0.2) is 0 Å². The number of aromatic nitrogens is 2. The van der Waals surface area contributed by atoms with Gasteiger partial charge in [-0.25, -0.2) is 14.8 Å². The molecule has 1 aliphatic heterocycles. The molecule has 190 valence electrons. The summed E-state index contributed by atoms with van der Waals surface area (Å²) in [6.07, 6.45) is 6.41. The third-order valence-electron chi connectivity index (χ3n) is 5.98. The number of aliphatic carboxylic acids is 1. The summed E-state index contributed by atoms with van der Waals surface area (Å²) < 4.78 is 5.64. The molecule has 1 aliphatic rings. The number of hydrogen-bond donors (Lipinski definition) is 3. The van der Waals surface area contributed by atoms with Crippen molar-refractivity contribution in [2.75, 3.05) is 44.1 Å². The van der Waals surface area contributed by atoms with Gasteiger partial charge in [0.2, 0.25) is 0 Å². The highest BCUT2D eigenvalue weighted by Gasteiger charge is 2.24. The van der Waals surface area contributed by atoms with E-state index in [-0.39, 0.29) is 23.6 Å². The summed E-state index contributed by atoms with van der Waals surface area (Å²) in [7, 11) is 3.62. The summed E-state index contributed by atoms with van der Waals surface area (Å²) in [5.74, 6) is -0.0632. The number of amides is 1. The van der Waals surface area contributed by atoms with E-state index in [9.17, 15) is 14.7 Å². The first-order chi connectivity index (χ1) is 16.8. The van der Waals surface area contributed by atoms with Crippen molar-refractivity contribution in [2.24, 2.45) is 0 Å². The number of halogens is 1. The number of ether oxygens (including phenoxy) is 1. The average Bonchev–Trinajstić information content (AvgIpc) is 2.82. The highest BCUT2D eigenvalue weighted by molar-refractivity contribution is 6.34. The predicted octanol–water partition coefficient (Wildman–Crippen LogP) is 3.48. The van der Waals surface area contributed by atoms with Gasteiger partial charge in [-0.2, -0.15) is 0 Å². The molecule has 9 nitrogen and oxygen atoms in total.